The number of nitrogens with zero attached hydrogens (tertiary/aromatic N) is 2. The van der Waals surface area contributed by atoms with E-state index in [0.29, 0.717) is 11.3 Å². The number of rotatable bonds is 4. The van der Waals surface area contributed by atoms with Gasteiger partial charge in [-0.25, -0.2) is 0 Å². The van der Waals surface area contributed by atoms with E-state index in [1.807, 2.05) is 42.7 Å². The van der Waals surface area contributed by atoms with Gasteiger partial charge in [-0.3, -0.25) is 9.59 Å². The minimum Gasteiger partial charge on any atom is -0.469 e. The topological polar surface area (TPSA) is 60.7 Å². The summed E-state index contributed by atoms with van der Waals surface area (Å²) in [5, 5.41) is 0. The highest BCUT2D eigenvalue weighted by molar-refractivity contribution is 7.16. The maximum Gasteiger partial charge on any atom is 0.307 e. The molecule has 0 unspecified atom stereocenters. The molecule has 2 rings (SSSR count). The minimum atomic E-state index is -0.279. The Hall–Kier alpha value is -1.95. The molecule has 0 aliphatic rings. The second-order valence-corrected chi connectivity index (χ2v) is 5.94. The largest absolute Gasteiger partial charge is 0.469 e. The molecule has 5 nitrogen and oxygen atoms in total. The zero-order valence-electron chi connectivity index (χ0n) is 12.3. The number of methoxy groups -OCH3 is 1. The van der Waals surface area contributed by atoms with Crippen molar-refractivity contribution in [3.8, 4) is 0 Å². The van der Waals surface area contributed by atoms with Crippen molar-refractivity contribution in [3.63, 3.8) is 0 Å². The van der Waals surface area contributed by atoms with Crippen LogP contribution in [0.1, 0.15) is 20.3 Å². The molecule has 1 aromatic heterocycles. The lowest BCUT2D eigenvalue weighted by Crippen LogP contribution is -2.20. The number of carbonyl (C=O) groups excluding carboxylic acids is 2. The lowest BCUT2D eigenvalue weighted by atomic mass is 10.2. The van der Waals surface area contributed by atoms with Crippen LogP contribution < -0.4 is 4.80 Å². The van der Waals surface area contributed by atoms with Crippen molar-refractivity contribution in [2.24, 2.45) is 10.9 Å². The van der Waals surface area contributed by atoms with E-state index in [1.165, 1.54) is 18.4 Å². The van der Waals surface area contributed by atoms with Gasteiger partial charge in [0.25, 0.3) is 5.91 Å². The molecule has 0 aliphatic carbocycles. The molecule has 112 valence electrons. The van der Waals surface area contributed by atoms with Crippen LogP contribution in [-0.2, 0) is 20.9 Å². The molecular formula is C15H18N2O3S. The van der Waals surface area contributed by atoms with Crippen LogP contribution in [-0.4, -0.2) is 23.6 Å². The van der Waals surface area contributed by atoms with Crippen molar-refractivity contribution in [2.75, 3.05) is 7.11 Å². The van der Waals surface area contributed by atoms with Crippen molar-refractivity contribution in [3.05, 3.63) is 29.1 Å². The standard InChI is InChI=1S/C15H18N2O3S/c1-10(2)14(19)16-15-17(9-8-13(18)20-3)11-6-4-5-7-12(11)21-15/h4-7,10H,8-9H2,1-3H3. The average Bonchev–Trinajstić information content (AvgIpc) is 2.81. The van der Waals surface area contributed by atoms with Gasteiger partial charge in [0, 0.05) is 12.5 Å². The second kappa shape index (κ2) is 6.67. The van der Waals surface area contributed by atoms with Gasteiger partial charge in [-0.05, 0) is 12.1 Å². The highest BCUT2D eigenvalue weighted by atomic mass is 32.1. The van der Waals surface area contributed by atoms with Crippen molar-refractivity contribution >= 4 is 33.4 Å². The predicted molar refractivity (Wildman–Crippen MR) is 81.9 cm³/mol. The highest BCUT2D eigenvalue weighted by Crippen LogP contribution is 2.17. The molecule has 0 fully saturated rings. The summed E-state index contributed by atoms with van der Waals surface area (Å²) in [5.74, 6) is -0.587. The zero-order valence-corrected chi connectivity index (χ0v) is 13.1. The van der Waals surface area contributed by atoms with Crippen LogP contribution in [0.15, 0.2) is 29.3 Å². The van der Waals surface area contributed by atoms with Gasteiger partial charge < -0.3 is 9.30 Å². The Bertz CT molecular complexity index is 728. The summed E-state index contributed by atoms with van der Waals surface area (Å²) < 4.78 is 7.61. The van der Waals surface area contributed by atoms with Crippen LogP contribution in [0.3, 0.4) is 0 Å². The third kappa shape index (κ3) is 3.58. The lowest BCUT2D eigenvalue weighted by Gasteiger charge is -2.04. The molecule has 0 atom stereocenters. The van der Waals surface area contributed by atoms with E-state index < -0.39 is 0 Å². The zero-order chi connectivity index (χ0) is 15.4. The van der Waals surface area contributed by atoms with E-state index in [1.54, 1.807) is 0 Å². The summed E-state index contributed by atoms with van der Waals surface area (Å²) in [6, 6.07) is 7.81. The summed E-state index contributed by atoms with van der Waals surface area (Å²) in [6.45, 7) is 4.08. The Morgan fingerprint density at radius 3 is 2.71 bits per heavy atom. The van der Waals surface area contributed by atoms with Gasteiger partial charge in [0.05, 0.1) is 23.7 Å². The first-order chi connectivity index (χ1) is 10.0. The Labute approximate surface area is 126 Å². The molecule has 1 aromatic carbocycles. The lowest BCUT2D eigenvalue weighted by molar-refractivity contribution is -0.140. The maximum absolute atomic E-state index is 11.9. The highest BCUT2D eigenvalue weighted by Gasteiger charge is 2.11. The van der Waals surface area contributed by atoms with Crippen LogP contribution in [0, 0.1) is 5.92 Å². The molecule has 0 N–H and O–H groups in total. The van der Waals surface area contributed by atoms with E-state index in [0.717, 1.165) is 10.2 Å². The summed E-state index contributed by atoms with van der Waals surface area (Å²) in [4.78, 5) is 28.0. The number of thiazole rings is 1. The normalized spacial score (nSPS) is 12.1. The van der Waals surface area contributed by atoms with Crippen LogP contribution in [0.2, 0.25) is 0 Å². The molecule has 21 heavy (non-hydrogen) atoms. The Balaban J connectivity index is 2.48. The van der Waals surface area contributed by atoms with Gasteiger partial charge >= 0.3 is 5.97 Å². The molecule has 1 amide bonds. The number of hydrogen-bond acceptors (Lipinski definition) is 4. The number of ether oxygens (including phenoxy) is 1. The molecule has 0 saturated carbocycles. The quantitative estimate of drug-likeness (QED) is 0.815. The van der Waals surface area contributed by atoms with E-state index in [4.69, 9.17) is 0 Å². The van der Waals surface area contributed by atoms with E-state index in [-0.39, 0.29) is 24.2 Å². The average molecular weight is 306 g/mol. The van der Waals surface area contributed by atoms with Crippen molar-refractivity contribution in [1.29, 1.82) is 0 Å². The monoisotopic (exact) mass is 306 g/mol. The number of fused-ring (bicyclic) bond motifs is 1. The Morgan fingerprint density at radius 2 is 2.05 bits per heavy atom. The number of aryl methyl sites for hydroxylation is 1. The van der Waals surface area contributed by atoms with Crippen molar-refractivity contribution in [1.82, 2.24) is 4.57 Å². The number of para-hydroxylation sites is 1. The van der Waals surface area contributed by atoms with Crippen molar-refractivity contribution in [2.45, 2.75) is 26.8 Å². The van der Waals surface area contributed by atoms with Gasteiger partial charge in [0.2, 0.25) is 0 Å². The molecule has 0 radical (unpaired) electrons. The second-order valence-electron chi connectivity index (χ2n) is 4.93. The van der Waals surface area contributed by atoms with Gasteiger partial charge in [0.15, 0.2) is 4.80 Å². The summed E-state index contributed by atoms with van der Waals surface area (Å²) in [7, 11) is 1.37. The number of esters is 1. The van der Waals surface area contributed by atoms with Crippen molar-refractivity contribution < 1.29 is 14.3 Å². The number of aromatic nitrogens is 1. The van der Waals surface area contributed by atoms with Gasteiger partial charge in [0.1, 0.15) is 0 Å². The SMILES string of the molecule is COC(=O)CCn1c(=NC(=O)C(C)C)sc2ccccc21. The molecule has 0 bridgehead atoms. The van der Waals surface area contributed by atoms with Crippen LogP contribution >= 0.6 is 11.3 Å². The predicted octanol–water partition coefficient (Wildman–Crippen LogP) is 2.35. The Kier molecular flexibility index (Phi) is 4.90. The van der Waals surface area contributed by atoms with Crippen LogP contribution in [0.5, 0.6) is 0 Å². The maximum atomic E-state index is 11.9. The number of carbonyl (C=O) groups is 2. The molecule has 0 aliphatic heterocycles. The molecular weight excluding hydrogens is 288 g/mol. The first-order valence-electron chi connectivity index (χ1n) is 6.76. The van der Waals surface area contributed by atoms with Crippen LogP contribution in [0.4, 0.5) is 0 Å². The molecule has 6 heteroatoms. The Morgan fingerprint density at radius 1 is 1.33 bits per heavy atom. The van der Waals surface area contributed by atoms with E-state index in [9.17, 15) is 9.59 Å². The molecule has 1 heterocycles. The molecule has 2 aromatic rings. The van der Waals surface area contributed by atoms with E-state index in [2.05, 4.69) is 9.73 Å². The third-order valence-electron chi connectivity index (χ3n) is 3.06. The third-order valence-corrected chi connectivity index (χ3v) is 4.11. The fourth-order valence-electron chi connectivity index (χ4n) is 1.85. The summed E-state index contributed by atoms with van der Waals surface area (Å²) in [6.07, 6.45) is 0.250. The van der Waals surface area contributed by atoms with Gasteiger partial charge in [-0.2, -0.15) is 4.99 Å². The summed E-state index contributed by atoms with van der Waals surface area (Å²) in [5.41, 5.74) is 0.974. The summed E-state index contributed by atoms with van der Waals surface area (Å²) >= 11 is 1.45. The fraction of sp³-hybridized carbons (Fsp3) is 0.400. The number of benzene rings is 1. The van der Waals surface area contributed by atoms with Gasteiger partial charge in [-0.15, -0.1) is 0 Å². The minimum absolute atomic E-state index is 0.149. The number of amides is 1. The smallest absolute Gasteiger partial charge is 0.307 e. The molecule has 0 saturated heterocycles. The fourth-order valence-corrected chi connectivity index (χ4v) is 2.91. The first kappa shape index (κ1) is 15.4. The van der Waals surface area contributed by atoms with Gasteiger partial charge in [-0.1, -0.05) is 37.3 Å². The first-order valence-corrected chi connectivity index (χ1v) is 7.58. The molecule has 0 spiro atoms. The number of hydrogen-bond donors (Lipinski definition) is 0. The van der Waals surface area contributed by atoms with E-state index >= 15 is 0 Å². The van der Waals surface area contributed by atoms with Crippen LogP contribution in [0.25, 0.3) is 10.2 Å².